The maximum atomic E-state index is 9.84. The zero-order chi connectivity index (χ0) is 9.28. The second kappa shape index (κ2) is 8.88. The fourth-order valence-electron chi connectivity index (χ4n) is 0.0833. The molecule has 0 unspecified atom stereocenters. The summed E-state index contributed by atoms with van der Waals surface area (Å²) in [5.74, 6) is -0.139. The molecule has 0 rings (SSSR count). The molecule has 64 valence electrons. The molecule has 0 fully saturated rings. The summed E-state index contributed by atoms with van der Waals surface area (Å²) in [6.07, 6.45) is 1.78. The monoisotopic (exact) mass is 158 g/mol. The van der Waals surface area contributed by atoms with E-state index in [1.54, 1.807) is 6.92 Å². The summed E-state index contributed by atoms with van der Waals surface area (Å²) in [4.78, 5) is 19.7. The molecular formula is C8H14O3. The van der Waals surface area contributed by atoms with E-state index < -0.39 is 5.97 Å². The minimum Gasteiger partial charge on any atom is -0.466 e. The fraction of sp³-hybridized carbons (Fsp3) is 0.500. The van der Waals surface area contributed by atoms with Crippen molar-refractivity contribution in [2.75, 3.05) is 7.11 Å². The lowest BCUT2D eigenvalue weighted by Gasteiger charge is -1.83. The summed E-state index contributed by atoms with van der Waals surface area (Å²) in [7, 11) is 1.31. The van der Waals surface area contributed by atoms with Gasteiger partial charge in [-0.3, -0.25) is 0 Å². The van der Waals surface area contributed by atoms with Crippen LogP contribution in [0.5, 0.6) is 0 Å². The lowest BCUT2D eigenvalue weighted by atomic mass is 10.4. The Hall–Kier alpha value is -1.12. The molecule has 0 radical (unpaired) electrons. The van der Waals surface area contributed by atoms with Crippen molar-refractivity contribution in [3.63, 3.8) is 0 Å². The number of ether oxygens (including phenoxy) is 1. The Kier molecular flexibility index (Phi) is 10.1. The van der Waals surface area contributed by atoms with E-state index in [2.05, 4.69) is 11.3 Å². The van der Waals surface area contributed by atoms with Gasteiger partial charge in [-0.15, -0.1) is 0 Å². The van der Waals surface area contributed by atoms with E-state index in [9.17, 15) is 9.59 Å². The number of Topliss-reactive ketones (excluding diaryl/α,β-unsaturated/α-hetero) is 1. The zero-order valence-electron chi connectivity index (χ0n) is 7.22. The van der Waals surface area contributed by atoms with Gasteiger partial charge in [0.1, 0.15) is 5.78 Å². The van der Waals surface area contributed by atoms with Crippen LogP contribution in [0.15, 0.2) is 12.7 Å². The third kappa shape index (κ3) is 17.7. The number of hydrogen-bond donors (Lipinski definition) is 0. The molecule has 0 aliphatic rings. The van der Waals surface area contributed by atoms with Gasteiger partial charge in [-0.1, -0.05) is 13.5 Å². The second-order valence-corrected chi connectivity index (χ2v) is 1.78. The molecule has 3 nitrogen and oxygen atoms in total. The second-order valence-electron chi connectivity index (χ2n) is 1.78. The van der Waals surface area contributed by atoms with Crippen LogP contribution in [0.1, 0.15) is 20.3 Å². The van der Waals surface area contributed by atoms with E-state index in [4.69, 9.17) is 0 Å². The van der Waals surface area contributed by atoms with Crippen LogP contribution < -0.4 is 0 Å². The van der Waals surface area contributed by atoms with Crippen LogP contribution in [0.4, 0.5) is 0 Å². The molecule has 3 heteroatoms. The molecule has 0 spiro atoms. The number of hydrogen-bond acceptors (Lipinski definition) is 3. The van der Waals surface area contributed by atoms with E-state index >= 15 is 0 Å². The van der Waals surface area contributed by atoms with Crippen molar-refractivity contribution in [1.82, 2.24) is 0 Å². The molecule has 0 aromatic heterocycles. The molecule has 11 heavy (non-hydrogen) atoms. The lowest BCUT2D eigenvalue weighted by molar-refractivity contribution is -0.134. The SMILES string of the molecule is C=CC(=O)OC.CCC(C)=O. The highest BCUT2D eigenvalue weighted by Gasteiger charge is 1.81. The number of esters is 1. The summed E-state index contributed by atoms with van der Waals surface area (Å²) in [5, 5.41) is 0. The number of ketones is 1. The first-order valence-electron chi connectivity index (χ1n) is 3.28. The van der Waals surface area contributed by atoms with E-state index in [1.165, 1.54) is 7.11 Å². The van der Waals surface area contributed by atoms with E-state index in [-0.39, 0.29) is 5.78 Å². The third-order valence-electron chi connectivity index (χ3n) is 0.866. The molecule has 0 aliphatic carbocycles. The summed E-state index contributed by atoms with van der Waals surface area (Å²) in [6.45, 7) is 6.59. The minimum atomic E-state index is -0.394. The van der Waals surface area contributed by atoms with Crippen molar-refractivity contribution in [2.45, 2.75) is 20.3 Å². The van der Waals surface area contributed by atoms with Crippen LogP contribution in [-0.4, -0.2) is 18.9 Å². The number of carbonyl (C=O) groups is 2. The van der Waals surface area contributed by atoms with Crippen molar-refractivity contribution in [1.29, 1.82) is 0 Å². The first-order valence-corrected chi connectivity index (χ1v) is 3.28. The third-order valence-corrected chi connectivity index (χ3v) is 0.866. The predicted octanol–water partition coefficient (Wildman–Crippen LogP) is 1.33. The van der Waals surface area contributed by atoms with Gasteiger partial charge < -0.3 is 9.53 Å². The topological polar surface area (TPSA) is 43.4 Å². The summed E-state index contributed by atoms with van der Waals surface area (Å²) < 4.78 is 4.14. The Morgan fingerprint density at radius 3 is 1.91 bits per heavy atom. The fourth-order valence-corrected chi connectivity index (χ4v) is 0.0833. The predicted molar refractivity (Wildman–Crippen MR) is 43.2 cm³/mol. The molecule has 0 heterocycles. The average molecular weight is 158 g/mol. The standard InChI is InChI=1S/C4H6O2.C4H8O/c1-3-4(5)6-2;1-3-4(2)5/h3H,1H2,2H3;3H2,1-2H3. The number of methoxy groups -OCH3 is 1. The van der Waals surface area contributed by atoms with Crippen LogP contribution in [0.2, 0.25) is 0 Å². The molecule has 0 atom stereocenters. The first-order chi connectivity index (χ1) is 5.08. The summed E-state index contributed by atoms with van der Waals surface area (Å²) in [5.41, 5.74) is 0. The van der Waals surface area contributed by atoms with Crippen molar-refractivity contribution < 1.29 is 14.3 Å². The Morgan fingerprint density at radius 1 is 1.55 bits per heavy atom. The molecular weight excluding hydrogens is 144 g/mol. The van der Waals surface area contributed by atoms with Gasteiger partial charge in [0.2, 0.25) is 0 Å². The van der Waals surface area contributed by atoms with Crippen LogP contribution in [0.3, 0.4) is 0 Å². The Balaban J connectivity index is 0. The highest BCUT2D eigenvalue weighted by molar-refractivity contribution is 5.80. The van der Waals surface area contributed by atoms with Gasteiger partial charge in [-0.2, -0.15) is 0 Å². The van der Waals surface area contributed by atoms with E-state index in [0.717, 1.165) is 6.08 Å². The average Bonchev–Trinajstić information content (AvgIpc) is 2.04. The van der Waals surface area contributed by atoms with Gasteiger partial charge >= 0.3 is 5.97 Å². The molecule has 0 saturated carbocycles. The van der Waals surface area contributed by atoms with Crippen molar-refractivity contribution in [3.8, 4) is 0 Å². The van der Waals surface area contributed by atoms with Crippen LogP contribution in [0, 0.1) is 0 Å². The molecule has 0 saturated heterocycles. The highest BCUT2D eigenvalue weighted by Crippen LogP contribution is 1.71. The van der Waals surface area contributed by atoms with Gasteiger partial charge in [-0.25, -0.2) is 4.79 Å². The molecule has 0 aromatic carbocycles. The largest absolute Gasteiger partial charge is 0.466 e. The highest BCUT2D eigenvalue weighted by atomic mass is 16.5. The maximum absolute atomic E-state index is 9.84. The normalized spacial score (nSPS) is 7.18. The maximum Gasteiger partial charge on any atom is 0.329 e. The van der Waals surface area contributed by atoms with Gasteiger partial charge in [0, 0.05) is 12.5 Å². The van der Waals surface area contributed by atoms with Gasteiger partial charge in [0.05, 0.1) is 7.11 Å². The minimum absolute atomic E-state index is 0.255. The van der Waals surface area contributed by atoms with E-state index in [0.29, 0.717) is 6.42 Å². The quantitative estimate of drug-likeness (QED) is 0.450. The van der Waals surface area contributed by atoms with Crippen molar-refractivity contribution in [3.05, 3.63) is 12.7 Å². The Morgan fingerprint density at radius 2 is 1.91 bits per heavy atom. The molecule has 0 bridgehead atoms. The Bertz CT molecular complexity index is 138. The molecule has 0 amide bonds. The number of carbonyl (C=O) groups excluding carboxylic acids is 2. The number of rotatable bonds is 2. The van der Waals surface area contributed by atoms with Crippen molar-refractivity contribution >= 4 is 11.8 Å². The van der Waals surface area contributed by atoms with Gasteiger partial charge in [-0.05, 0) is 6.92 Å². The van der Waals surface area contributed by atoms with Gasteiger partial charge in [0.25, 0.3) is 0 Å². The van der Waals surface area contributed by atoms with Crippen LogP contribution in [-0.2, 0) is 14.3 Å². The molecule has 0 aliphatic heterocycles. The van der Waals surface area contributed by atoms with Crippen molar-refractivity contribution in [2.24, 2.45) is 0 Å². The van der Waals surface area contributed by atoms with Crippen LogP contribution >= 0.6 is 0 Å². The Labute approximate surface area is 67.0 Å². The molecule has 0 aromatic rings. The summed E-state index contributed by atoms with van der Waals surface area (Å²) >= 11 is 0. The zero-order valence-corrected chi connectivity index (χ0v) is 7.22. The first kappa shape index (κ1) is 12.5. The van der Waals surface area contributed by atoms with Gasteiger partial charge in [0.15, 0.2) is 0 Å². The van der Waals surface area contributed by atoms with Crippen LogP contribution in [0.25, 0.3) is 0 Å². The smallest absolute Gasteiger partial charge is 0.329 e. The molecule has 0 N–H and O–H groups in total. The summed E-state index contributed by atoms with van der Waals surface area (Å²) in [6, 6.07) is 0. The lowest BCUT2D eigenvalue weighted by Crippen LogP contribution is -1.91. The van der Waals surface area contributed by atoms with E-state index in [1.807, 2.05) is 6.92 Å².